The second-order valence-corrected chi connectivity index (χ2v) is 9.70. The van der Waals surface area contributed by atoms with Gasteiger partial charge in [-0.2, -0.15) is 9.35 Å². The molecule has 1 fully saturated rings. The molecule has 1 unspecified atom stereocenters. The van der Waals surface area contributed by atoms with Crippen molar-refractivity contribution in [2.75, 3.05) is 43.6 Å². The third-order valence-electron chi connectivity index (χ3n) is 5.15. The number of nitrogens with one attached hydrogen (secondary N) is 2. The molecule has 2 aliphatic rings. The van der Waals surface area contributed by atoms with E-state index in [2.05, 4.69) is 42.8 Å². The van der Waals surface area contributed by atoms with E-state index in [1.54, 1.807) is 12.1 Å². The molecule has 0 aromatic carbocycles. The van der Waals surface area contributed by atoms with Crippen molar-refractivity contribution in [1.29, 1.82) is 0 Å². The monoisotopic (exact) mass is 464 g/mol. The van der Waals surface area contributed by atoms with Crippen molar-refractivity contribution < 1.29 is 13.3 Å². The van der Waals surface area contributed by atoms with Crippen LogP contribution in [-0.2, 0) is 13.3 Å². The number of rotatable bonds is 8. The lowest BCUT2D eigenvalue weighted by Crippen LogP contribution is -2.43. The quantitative estimate of drug-likeness (QED) is 0.339. The lowest BCUT2D eigenvalue weighted by molar-refractivity contribution is -0.134. The molecular weight excluding hydrogens is 432 g/mol. The van der Waals surface area contributed by atoms with Crippen LogP contribution in [0.25, 0.3) is 5.57 Å². The number of amides is 1. The van der Waals surface area contributed by atoms with Crippen LogP contribution >= 0.6 is 12.3 Å². The van der Waals surface area contributed by atoms with E-state index in [1.165, 1.54) is 5.01 Å². The van der Waals surface area contributed by atoms with Crippen molar-refractivity contribution in [3.63, 3.8) is 0 Å². The Labute approximate surface area is 193 Å². The second kappa shape index (κ2) is 11.1. The van der Waals surface area contributed by atoms with Crippen LogP contribution in [0, 0.1) is 10.3 Å². The fourth-order valence-corrected chi connectivity index (χ4v) is 3.82. The van der Waals surface area contributed by atoms with E-state index in [0.717, 1.165) is 55.1 Å². The van der Waals surface area contributed by atoms with Crippen molar-refractivity contribution >= 4 is 35.3 Å². The number of anilines is 2. The first-order valence-corrected chi connectivity index (χ1v) is 11.4. The average molecular weight is 465 g/mol. The first-order valence-electron chi connectivity index (χ1n) is 10.8. The van der Waals surface area contributed by atoms with E-state index in [0.29, 0.717) is 19.0 Å². The van der Waals surface area contributed by atoms with Gasteiger partial charge in [0.2, 0.25) is 5.91 Å². The Kier molecular flexibility index (Phi) is 8.46. The Morgan fingerprint density at radius 2 is 2.22 bits per heavy atom. The number of allylic oxidation sites excluding steroid dienone is 1. The molecule has 32 heavy (non-hydrogen) atoms. The highest BCUT2D eigenvalue weighted by molar-refractivity contribution is 7.89. The van der Waals surface area contributed by atoms with Gasteiger partial charge in [-0.05, 0) is 42.4 Å². The lowest BCUT2D eigenvalue weighted by atomic mass is 9.93. The van der Waals surface area contributed by atoms with E-state index in [9.17, 15) is 9.70 Å². The summed E-state index contributed by atoms with van der Waals surface area (Å²) in [5, 5.41) is 12.3. The highest BCUT2D eigenvalue weighted by Crippen LogP contribution is 2.31. The average Bonchev–Trinajstić information content (AvgIpc) is 2.77. The molecule has 0 bridgehead atoms. The van der Waals surface area contributed by atoms with Crippen LogP contribution in [0.3, 0.4) is 0 Å². The van der Waals surface area contributed by atoms with Gasteiger partial charge in [0.15, 0.2) is 18.1 Å². The molecule has 10 nitrogen and oxygen atoms in total. The summed E-state index contributed by atoms with van der Waals surface area (Å²) in [5.74, 6) is 0.434. The van der Waals surface area contributed by atoms with Crippen LogP contribution in [-0.4, -0.2) is 55.3 Å². The van der Waals surface area contributed by atoms with Gasteiger partial charge in [0.05, 0.1) is 29.8 Å². The number of nitroso groups, excluding NO2 is 1. The molecule has 1 aromatic heterocycles. The molecule has 176 valence electrons. The first kappa shape index (κ1) is 24.4. The molecule has 1 amide bonds. The Hall–Kier alpha value is -2.21. The summed E-state index contributed by atoms with van der Waals surface area (Å²) in [6.45, 7) is 8.43. The van der Waals surface area contributed by atoms with E-state index in [-0.39, 0.29) is 23.9 Å². The van der Waals surface area contributed by atoms with E-state index < -0.39 is 0 Å². The van der Waals surface area contributed by atoms with E-state index in [4.69, 9.17) is 13.5 Å². The van der Waals surface area contributed by atoms with Crippen molar-refractivity contribution in [2.24, 2.45) is 10.7 Å². The zero-order valence-electron chi connectivity index (χ0n) is 19.1. The fourth-order valence-electron chi connectivity index (χ4n) is 3.42. The molecule has 1 saturated heterocycles. The summed E-state index contributed by atoms with van der Waals surface area (Å²) in [7, 11) is 1.60. The van der Waals surface area contributed by atoms with Crippen molar-refractivity contribution in [3.8, 4) is 0 Å². The molecule has 3 rings (SSSR count). The van der Waals surface area contributed by atoms with Crippen molar-refractivity contribution in [3.05, 3.63) is 28.8 Å². The van der Waals surface area contributed by atoms with Crippen LogP contribution < -0.4 is 15.6 Å². The molecular formula is C21H32N6O4S. The molecule has 2 N–H and O–H groups in total. The maximum absolute atomic E-state index is 12.3. The fraction of sp³-hybridized carbons (Fsp3) is 0.619. The molecule has 1 atom stereocenters. The standard InChI is InChI=1S/C21H32N6O4S/c1-21(2,3)14-22-18-10-9-17(24-20(18)26(4)25-29)15-5-7-16(8-6-15)23-19(28)13-27-11-12-30-32-31-27/h5,9-10,16,22H,6-8,11-14H2,1-4H3,(H,23,28). The van der Waals surface area contributed by atoms with Gasteiger partial charge in [0.1, 0.15) is 6.54 Å². The first-order chi connectivity index (χ1) is 15.2. The highest BCUT2D eigenvalue weighted by Gasteiger charge is 2.22. The summed E-state index contributed by atoms with van der Waals surface area (Å²) in [5.41, 5.74) is 2.78. The summed E-state index contributed by atoms with van der Waals surface area (Å²) in [4.78, 5) is 28.2. The van der Waals surface area contributed by atoms with Crippen molar-refractivity contribution in [2.45, 2.75) is 46.1 Å². The number of pyridine rings is 1. The Bertz CT molecular complexity index is 838. The molecule has 0 spiro atoms. The number of carbonyl (C=O) groups excluding carboxylic acids is 1. The summed E-state index contributed by atoms with van der Waals surface area (Å²) < 4.78 is 10.2. The third-order valence-corrected chi connectivity index (χ3v) is 5.68. The van der Waals surface area contributed by atoms with Gasteiger partial charge in [0, 0.05) is 19.6 Å². The van der Waals surface area contributed by atoms with Gasteiger partial charge in [-0.25, -0.2) is 9.99 Å². The Morgan fingerprint density at radius 3 is 2.84 bits per heavy atom. The van der Waals surface area contributed by atoms with Crippen molar-refractivity contribution in [1.82, 2.24) is 15.4 Å². The minimum atomic E-state index is -0.0669. The Morgan fingerprint density at radius 1 is 1.41 bits per heavy atom. The topological polar surface area (TPSA) is 108 Å². The zero-order chi connectivity index (χ0) is 23.1. The maximum atomic E-state index is 12.3. The number of carbonyl (C=O) groups is 1. The van der Waals surface area contributed by atoms with Gasteiger partial charge in [0.25, 0.3) is 0 Å². The summed E-state index contributed by atoms with van der Waals surface area (Å²) in [6.07, 6.45) is 4.44. The van der Waals surface area contributed by atoms with E-state index >= 15 is 0 Å². The van der Waals surface area contributed by atoms with E-state index in [1.807, 2.05) is 12.1 Å². The van der Waals surface area contributed by atoms with Gasteiger partial charge < -0.3 is 10.6 Å². The SMILES string of the molecule is CN(N=O)c1nc(C2=CCC(NC(=O)CN3CCOSO3)CC2)ccc1NCC(C)(C)C. The van der Waals surface area contributed by atoms with Gasteiger partial charge >= 0.3 is 0 Å². The molecule has 0 saturated carbocycles. The summed E-state index contributed by atoms with van der Waals surface area (Å²) in [6, 6.07) is 3.98. The lowest BCUT2D eigenvalue weighted by Gasteiger charge is -2.26. The normalized spacial score (nSPS) is 19.8. The van der Waals surface area contributed by atoms with Crippen LogP contribution in [0.1, 0.15) is 45.7 Å². The predicted molar refractivity (Wildman–Crippen MR) is 126 cm³/mol. The number of hydroxylamine groups is 2. The maximum Gasteiger partial charge on any atom is 0.236 e. The third kappa shape index (κ3) is 7.16. The Balaban J connectivity index is 1.62. The smallest absolute Gasteiger partial charge is 0.236 e. The number of aromatic nitrogens is 1. The second-order valence-electron chi connectivity index (χ2n) is 9.18. The molecule has 2 heterocycles. The molecule has 0 radical (unpaired) electrons. The van der Waals surface area contributed by atoms with Crippen LogP contribution in [0.5, 0.6) is 0 Å². The zero-order valence-corrected chi connectivity index (χ0v) is 19.9. The minimum Gasteiger partial charge on any atom is -0.381 e. The number of nitrogens with zero attached hydrogens (tertiary/aromatic N) is 4. The molecule has 1 aliphatic heterocycles. The summed E-state index contributed by atoms with van der Waals surface area (Å²) >= 11 is 0.894. The van der Waals surface area contributed by atoms with Gasteiger partial charge in [-0.15, -0.1) is 4.91 Å². The largest absolute Gasteiger partial charge is 0.381 e. The van der Waals surface area contributed by atoms with Crippen LogP contribution in [0.2, 0.25) is 0 Å². The molecule has 11 heteroatoms. The minimum absolute atomic E-state index is 0.0669. The van der Waals surface area contributed by atoms with Gasteiger partial charge in [-0.1, -0.05) is 26.8 Å². The van der Waals surface area contributed by atoms with Gasteiger partial charge in [-0.3, -0.25) is 8.98 Å². The highest BCUT2D eigenvalue weighted by atomic mass is 32.2. The predicted octanol–water partition coefficient (Wildman–Crippen LogP) is 3.54. The molecule has 1 aliphatic carbocycles. The number of hydrogen-bond donors (Lipinski definition) is 2. The number of hydrogen-bond acceptors (Lipinski definition) is 9. The van der Waals surface area contributed by atoms with Crippen LogP contribution in [0.15, 0.2) is 23.5 Å². The van der Waals surface area contributed by atoms with Crippen LogP contribution in [0.4, 0.5) is 11.5 Å². The molecule has 1 aromatic rings.